The zero-order valence-corrected chi connectivity index (χ0v) is 18.2. The van der Waals surface area contributed by atoms with Gasteiger partial charge in [-0.1, -0.05) is 6.07 Å². The number of likely N-dealkylation sites (tertiary alicyclic amines) is 1. The first-order chi connectivity index (χ1) is 15.1. The molecule has 0 saturated carbocycles. The minimum Gasteiger partial charge on any atom is -0.384 e. The molecule has 0 aliphatic carbocycles. The summed E-state index contributed by atoms with van der Waals surface area (Å²) >= 11 is 0. The maximum atomic E-state index is 12.8. The van der Waals surface area contributed by atoms with Gasteiger partial charge in [0, 0.05) is 37.5 Å². The number of nitrogens with zero attached hydrogens (tertiary/aromatic N) is 5. The molecule has 2 amide bonds. The lowest BCUT2D eigenvalue weighted by atomic mass is 9.99. The maximum absolute atomic E-state index is 12.8. The van der Waals surface area contributed by atoms with Crippen LogP contribution in [0.5, 0.6) is 0 Å². The van der Waals surface area contributed by atoms with Gasteiger partial charge in [0.05, 0.1) is 31.3 Å². The van der Waals surface area contributed by atoms with Crippen molar-refractivity contribution in [2.75, 3.05) is 25.2 Å². The number of piperidine rings is 1. The third kappa shape index (κ3) is 4.58. The van der Waals surface area contributed by atoms with Crippen molar-refractivity contribution in [3.63, 3.8) is 0 Å². The molecule has 2 aliphatic heterocycles. The summed E-state index contributed by atoms with van der Waals surface area (Å²) < 4.78 is 5.09. The molecule has 2 aliphatic rings. The summed E-state index contributed by atoms with van der Waals surface area (Å²) in [5.41, 5.74) is 2.70. The van der Waals surface area contributed by atoms with Gasteiger partial charge >= 0.3 is 0 Å². The first-order valence-corrected chi connectivity index (χ1v) is 10.9. The van der Waals surface area contributed by atoms with Gasteiger partial charge in [-0.15, -0.1) is 0 Å². The Morgan fingerprint density at radius 1 is 1.23 bits per heavy atom. The molecule has 31 heavy (non-hydrogen) atoms. The van der Waals surface area contributed by atoms with Crippen molar-refractivity contribution in [1.82, 2.24) is 19.9 Å². The Kier molecular flexibility index (Phi) is 6.56. The van der Waals surface area contributed by atoms with Crippen LogP contribution in [0.25, 0.3) is 0 Å². The fraction of sp³-hybridized carbons (Fsp3) is 0.522. The smallest absolute Gasteiger partial charge is 0.228 e. The quantitative estimate of drug-likeness (QED) is 0.710. The van der Waals surface area contributed by atoms with E-state index >= 15 is 0 Å². The number of methoxy groups -OCH3 is 1. The lowest BCUT2D eigenvalue weighted by Gasteiger charge is -2.36. The van der Waals surface area contributed by atoms with Crippen LogP contribution in [0.15, 0.2) is 24.4 Å². The Morgan fingerprint density at radius 3 is 2.87 bits per heavy atom. The maximum Gasteiger partial charge on any atom is 0.228 e. The monoisotopic (exact) mass is 423 g/mol. The summed E-state index contributed by atoms with van der Waals surface area (Å²) in [6.07, 6.45) is 5.98. The average Bonchev–Trinajstić information content (AvgIpc) is 2.80. The number of rotatable bonds is 6. The predicted molar refractivity (Wildman–Crippen MR) is 115 cm³/mol. The Hall–Kier alpha value is -2.87. The van der Waals surface area contributed by atoms with E-state index in [0.717, 1.165) is 36.2 Å². The van der Waals surface area contributed by atoms with Crippen LogP contribution in [0.2, 0.25) is 0 Å². The Labute approximate surface area is 182 Å². The number of hydrogen-bond acceptors (Lipinski definition) is 6. The van der Waals surface area contributed by atoms with Gasteiger partial charge in [-0.3, -0.25) is 19.5 Å². The number of pyridine rings is 1. The van der Waals surface area contributed by atoms with Crippen LogP contribution in [0.1, 0.15) is 60.9 Å². The van der Waals surface area contributed by atoms with E-state index in [1.807, 2.05) is 30.0 Å². The van der Waals surface area contributed by atoms with E-state index in [-0.39, 0.29) is 17.9 Å². The molecule has 4 rings (SSSR count). The van der Waals surface area contributed by atoms with Crippen molar-refractivity contribution in [3.8, 4) is 0 Å². The minimum absolute atomic E-state index is 0.0406. The molecule has 0 bridgehead atoms. The molecule has 0 radical (unpaired) electrons. The molecule has 0 unspecified atom stereocenters. The summed E-state index contributed by atoms with van der Waals surface area (Å²) in [4.78, 5) is 43.3. The van der Waals surface area contributed by atoms with Crippen LogP contribution in [-0.2, 0) is 27.3 Å². The van der Waals surface area contributed by atoms with Crippen molar-refractivity contribution < 1.29 is 14.3 Å². The fourth-order valence-electron chi connectivity index (χ4n) is 4.40. The molecule has 164 valence electrons. The number of aromatic nitrogens is 3. The highest BCUT2D eigenvalue weighted by Gasteiger charge is 2.33. The van der Waals surface area contributed by atoms with E-state index in [4.69, 9.17) is 14.7 Å². The number of amides is 2. The predicted octanol–water partition coefficient (Wildman–Crippen LogP) is 2.75. The molecule has 1 fully saturated rings. The van der Waals surface area contributed by atoms with E-state index < -0.39 is 0 Å². The van der Waals surface area contributed by atoms with Crippen LogP contribution in [0.4, 0.5) is 5.82 Å². The topological polar surface area (TPSA) is 88.5 Å². The van der Waals surface area contributed by atoms with Gasteiger partial charge in [0.25, 0.3) is 0 Å². The van der Waals surface area contributed by atoms with E-state index in [0.29, 0.717) is 50.6 Å². The highest BCUT2D eigenvalue weighted by atomic mass is 16.5. The molecule has 4 heterocycles. The second kappa shape index (κ2) is 9.51. The van der Waals surface area contributed by atoms with Crippen LogP contribution in [-0.4, -0.2) is 51.9 Å². The molecule has 1 saturated heterocycles. The van der Waals surface area contributed by atoms with Crippen molar-refractivity contribution >= 4 is 17.6 Å². The van der Waals surface area contributed by atoms with Crippen molar-refractivity contribution in [2.24, 2.45) is 0 Å². The zero-order chi connectivity index (χ0) is 21.8. The van der Waals surface area contributed by atoms with E-state index in [9.17, 15) is 9.59 Å². The summed E-state index contributed by atoms with van der Waals surface area (Å²) in [7, 11) is 1.60. The minimum atomic E-state index is -0.171. The molecule has 8 heteroatoms. The largest absolute Gasteiger partial charge is 0.384 e. The lowest BCUT2D eigenvalue weighted by molar-refractivity contribution is -0.136. The Morgan fingerprint density at radius 2 is 2.10 bits per heavy atom. The molecular weight excluding hydrogens is 394 g/mol. The molecule has 1 atom stereocenters. The molecule has 2 aromatic rings. The first kappa shape index (κ1) is 21.4. The van der Waals surface area contributed by atoms with E-state index in [1.54, 1.807) is 18.2 Å². The summed E-state index contributed by atoms with van der Waals surface area (Å²) in [6, 6.07) is 5.52. The third-order valence-corrected chi connectivity index (χ3v) is 6.04. The Bertz CT molecular complexity index is 950. The highest BCUT2D eigenvalue weighted by Crippen LogP contribution is 2.34. The number of aryl methyl sites for hydroxylation is 1. The van der Waals surface area contributed by atoms with Gasteiger partial charge < -0.3 is 9.64 Å². The molecular formula is C23H29N5O3. The molecule has 0 spiro atoms. The number of carbonyl (C=O) groups excluding carboxylic acids is 2. The van der Waals surface area contributed by atoms with Crippen LogP contribution < -0.4 is 4.90 Å². The van der Waals surface area contributed by atoms with Gasteiger partial charge in [0.1, 0.15) is 5.82 Å². The third-order valence-electron chi connectivity index (χ3n) is 6.04. The molecule has 2 aromatic heterocycles. The van der Waals surface area contributed by atoms with E-state index in [2.05, 4.69) is 4.98 Å². The van der Waals surface area contributed by atoms with Gasteiger partial charge in [-0.05, 0) is 44.7 Å². The van der Waals surface area contributed by atoms with Gasteiger partial charge in [0.15, 0.2) is 5.82 Å². The number of ether oxygens (including phenoxy) is 1. The number of anilines is 1. The lowest BCUT2D eigenvalue weighted by Crippen LogP contribution is -2.41. The second-order valence-corrected chi connectivity index (χ2v) is 8.11. The number of fused-ring (bicyclic) bond motifs is 1. The number of carbonyl (C=O) groups is 2. The second-order valence-electron chi connectivity index (χ2n) is 8.11. The van der Waals surface area contributed by atoms with Crippen molar-refractivity contribution in [3.05, 3.63) is 47.2 Å². The first-order valence-electron chi connectivity index (χ1n) is 10.9. The molecule has 0 aromatic carbocycles. The normalized spacial score (nSPS) is 18.8. The molecule has 0 N–H and O–H groups in total. The van der Waals surface area contributed by atoms with E-state index in [1.165, 1.54) is 0 Å². The zero-order valence-electron chi connectivity index (χ0n) is 18.2. The van der Waals surface area contributed by atoms with Crippen molar-refractivity contribution in [2.45, 2.75) is 58.0 Å². The Balaban J connectivity index is 1.68. The van der Waals surface area contributed by atoms with Gasteiger partial charge in [-0.2, -0.15) is 0 Å². The number of hydrogen-bond donors (Lipinski definition) is 0. The van der Waals surface area contributed by atoms with Crippen molar-refractivity contribution in [1.29, 1.82) is 0 Å². The standard InChI is InChI=1S/C23H29N5O3/c1-16-18-9-10-20(29)28(15-17-7-3-5-12-24-17)23(18)26-22(25-16)19-8-4-6-13-27(19)21(30)11-14-31-2/h3,5,7,12,19H,4,6,8-11,13-15H2,1-2H3/t19-/m1/s1. The van der Waals surface area contributed by atoms with Crippen LogP contribution in [0.3, 0.4) is 0 Å². The SMILES string of the molecule is COCCC(=O)N1CCCC[C@@H]1c1nc(C)c2c(n1)N(Cc1ccccn1)C(=O)CC2. The summed E-state index contributed by atoms with van der Waals surface area (Å²) in [5, 5.41) is 0. The van der Waals surface area contributed by atoms with Gasteiger partial charge in [0.2, 0.25) is 11.8 Å². The van der Waals surface area contributed by atoms with Gasteiger partial charge in [-0.25, -0.2) is 9.97 Å². The summed E-state index contributed by atoms with van der Waals surface area (Å²) in [6.45, 7) is 3.45. The summed E-state index contributed by atoms with van der Waals surface area (Å²) in [5.74, 6) is 1.40. The van der Waals surface area contributed by atoms with Crippen LogP contribution in [0, 0.1) is 6.92 Å². The molecule has 8 nitrogen and oxygen atoms in total. The van der Waals surface area contributed by atoms with Crippen LogP contribution >= 0.6 is 0 Å². The fourth-order valence-corrected chi connectivity index (χ4v) is 4.40. The highest BCUT2D eigenvalue weighted by molar-refractivity contribution is 5.95. The average molecular weight is 424 g/mol.